The molecular weight excluding hydrogens is 242 g/mol. The van der Waals surface area contributed by atoms with Crippen molar-refractivity contribution in [2.24, 2.45) is 0 Å². The van der Waals surface area contributed by atoms with Crippen LogP contribution in [0, 0.1) is 18.3 Å². The van der Waals surface area contributed by atoms with E-state index in [1.54, 1.807) is 11.3 Å². The number of thiazole rings is 1. The highest BCUT2D eigenvalue weighted by atomic mass is 32.1. The third-order valence-corrected chi connectivity index (χ3v) is 3.88. The minimum Gasteiger partial charge on any atom is -0.379 e. The maximum absolute atomic E-state index is 9.14. The average Bonchev–Trinajstić information content (AvgIpc) is 2.84. The second-order valence-corrected chi connectivity index (χ2v) is 5.24. The standard InChI is InChI=1S/C14H15N3S/c1-3-14-17-9-11(18-14)8-16-13-6-4-5-10(2)12(13)7-15/h4-6,9,16H,3,8H2,1-2H3. The van der Waals surface area contributed by atoms with Crippen LogP contribution in [0.25, 0.3) is 0 Å². The van der Waals surface area contributed by atoms with Crippen molar-refractivity contribution in [3.05, 3.63) is 45.4 Å². The van der Waals surface area contributed by atoms with Crippen LogP contribution in [-0.4, -0.2) is 4.98 Å². The highest BCUT2D eigenvalue weighted by Crippen LogP contribution is 2.20. The van der Waals surface area contributed by atoms with Crippen LogP contribution in [0.15, 0.2) is 24.4 Å². The van der Waals surface area contributed by atoms with Crippen molar-refractivity contribution < 1.29 is 0 Å². The first-order valence-electron chi connectivity index (χ1n) is 5.91. The highest BCUT2D eigenvalue weighted by molar-refractivity contribution is 7.11. The zero-order valence-corrected chi connectivity index (χ0v) is 11.3. The first-order valence-corrected chi connectivity index (χ1v) is 6.73. The van der Waals surface area contributed by atoms with Crippen LogP contribution in [0.4, 0.5) is 5.69 Å². The maximum atomic E-state index is 9.14. The van der Waals surface area contributed by atoms with Gasteiger partial charge in [-0.1, -0.05) is 19.1 Å². The summed E-state index contributed by atoms with van der Waals surface area (Å²) >= 11 is 1.71. The van der Waals surface area contributed by atoms with E-state index in [4.69, 9.17) is 5.26 Å². The Labute approximate surface area is 111 Å². The van der Waals surface area contributed by atoms with E-state index in [1.165, 1.54) is 4.88 Å². The average molecular weight is 257 g/mol. The Kier molecular flexibility index (Phi) is 3.96. The van der Waals surface area contributed by atoms with Crippen molar-refractivity contribution in [2.75, 3.05) is 5.32 Å². The van der Waals surface area contributed by atoms with Gasteiger partial charge >= 0.3 is 0 Å². The summed E-state index contributed by atoms with van der Waals surface area (Å²) in [5.74, 6) is 0. The Bertz CT molecular complexity index is 581. The van der Waals surface area contributed by atoms with E-state index < -0.39 is 0 Å². The lowest BCUT2D eigenvalue weighted by Gasteiger charge is -2.08. The van der Waals surface area contributed by atoms with Gasteiger partial charge in [-0.2, -0.15) is 5.26 Å². The van der Waals surface area contributed by atoms with E-state index >= 15 is 0 Å². The number of hydrogen-bond donors (Lipinski definition) is 1. The molecule has 4 heteroatoms. The Morgan fingerprint density at radius 2 is 2.28 bits per heavy atom. The largest absolute Gasteiger partial charge is 0.379 e. The van der Waals surface area contributed by atoms with Crippen LogP contribution in [0.3, 0.4) is 0 Å². The van der Waals surface area contributed by atoms with Gasteiger partial charge < -0.3 is 5.32 Å². The van der Waals surface area contributed by atoms with Gasteiger partial charge in [-0.05, 0) is 25.0 Å². The van der Waals surface area contributed by atoms with Gasteiger partial charge in [-0.3, -0.25) is 0 Å². The quantitative estimate of drug-likeness (QED) is 0.912. The summed E-state index contributed by atoms with van der Waals surface area (Å²) in [7, 11) is 0. The molecule has 2 rings (SSSR count). The van der Waals surface area contributed by atoms with Crippen LogP contribution < -0.4 is 5.32 Å². The van der Waals surface area contributed by atoms with Gasteiger partial charge in [-0.15, -0.1) is 11.3 Å². The summed E-state index contributed by atoms with van der Waals surface area (Å²) < 4.78 is 0. The molecule has 0 unspecified atom stereocenters. The molecule has 0 amide bonds. The lowest BCUT2D eigenvalue weighted by atomic mass is 10.1. The van der Waals surface area contributed by atoms with Crippen molar-refractivity contribution >= 4 is 17.0 Å². The summed E-state index contributed by atoms with van der Waals surface area (Å²) in [6.07, 6.45) is 2.87. The fourth-order valence-corrected chi connectivity index (χ4v) is 2.54. The van der Waals surface area contributed by atoms with E-state index in [2.05, 4.69) is 23.3 Å². The molecule has 92 valence electrons. The lowest BCUT2D eigenvalue weighted by molar-refractivity contribution is 1.09. The first-order chi connectivity index (χ1) is 8.74. The molecule has 0 radical (unpaired) electrons. The van der Waals surface area contributed by atoms with Gasteiger partial charge in [0.15, 0.2) is 0 Å². The Morgan fingerprint density at radius 1 is 1.44 bits per heavy atom. The molecule has 1 N–H and O–H groups in total. The monoisotopic (exact) mass is 257 g/mol. The number of aromatic nitrogens is 1. The molecule has 1 aromatic heterocycles. The van der Waals surface area contributed by atoms with Gasteiger partial charge in [0.1, 0.15) is 6.07 Å². The molecule has 0 bridgehead atoms. The smallest absolute Gasteiger partial charge is 0.102 e. The molecule has 1 heterocycles. The molecular formula is C14H15N3S. The number of anilines is 1. The number of hydrogen-bond acceptors (Lipinski definition) is 4. The molecule has 1 aromatic carbocycles. The second kappa shape index (κ2) is 5.65. The van der Waals surface area contributed by atoms with E-state index in [0.29, 0.717) is 0 Å². The van der Waals surface area contributed by atoms with Gasteiger partial charge in [0.05, 0.1) is 22.8 Å². The number of nitrogens with one attached hydrogen (secondary N) is 1. The number of nitrogens with zero attached hydrogens (tertiary/aromatic N) is 2. The zero-order valence-electron chi connectivity index (χ0n) is 10.5. The van der Waals surface area contributed by atoms with Gasteiger partial charge in [-0.25, -0.2) is 4.98 Å². The minimum atomic E-state index is 0.718. The van der Waals surface area contributed by atoms with Crippen LogP contribution in [0.2, 0.25) is 0 Å². The van der Waals surface area contributed by atoms with Crippen molar-refractivity contribution in [1.82, 2.24) is 4.98 Å². The molecule has 0 saturated carbocycles. The van der Waals surface area contributed by atoms with Crippen molar-refractivity contribution in [1.29, 1.82) is 5.26 Å². The Morgan fingerprint density at radius 3 is 2.94 bits per heavy atom. The minimum absolute atomic E-state index is 0.718. The van der Waals surface area contributed by atoms with E-state index in [-0.39, 0.29) is 0 Å². The predicted molar refractivity (Wildman–Crippen MR) is 74.7 cm³/mol. The molecule has 18 heavy (non-hydrogen) atoms. The molecule has 2 aromatic rings. The highest BCUT2D eigenvalue weighted by Gasteiger charge is 2.05. The number of aryl methyl sites for hydroxylation is 2. The van der Waals surface area contributed by atoms with Crippen LogP contribution in [0.1, 0.15) is 27.9 Å². The second-order valence-electron chi connectivity index (χ2n) is 4.04. The molecule has 0 spiro atoms. The molecule has 0 aliphatic heterocycles. The SMILES string of the molecule is CCc1ncc(CNc2cccc(C)c2C#N)s1. The maximum Gasteiger partial charge on any atom is 0.102 e. The topological polar surface area (TPSA) is 48.7 Å². The van der Waals surface area contributed by atoms with Crippen LogP contribution in [0.5, 0.6) is 0 Å². The van der Waals surface area contributed by atoms with Crippen LogP contribution >= 0.6 is 11.3 Å². The Balaban J connectivity index is 2.11. The van der Waals surface area contributed by atoms with Crippen molar-refractivity contribution in [3.63, 3.8) is 0 Å². The zero-order chi connectivity index (χ0) is 13.0. The molecule has 0 fully saturated rings. The predicted octanol–water partition coefficient (Wildman–Crippen LogP) is 3.50. The third kappa shape index (κ3) is 2.69. The summed E-state index contributed by atoms with van der Waals surface area (Å²) in [4.78, 5) is 5.51. The molecule has 3 nitrogen and oxygen atoms in total. The molecule has 0 aliphatic carbocycles. The normalized spacial score (nSPS) is 10.1. The number of rotatable bonds is 4. The molecule has 0 aliphatic rings. The van der Waals surface area contributed by atoms with E-state index in [9.17, 15) is 0 Å². The van der Waals surface area contributed by atoms with Gasteiger partial charge in [0, 0.05) is 11.1 Å². The number of nitriles is 1. The van der Waals surface area contributed by atoms with Gasteiger partial charge in [0.2, 0.25) is 0 Å². The Hall–Kier alpha value is -1.86. The summed E-state index contributed by atoms with van der Waals surface area (Å²) in [5.41, 5.74) is 2.61. The molecule has 0 atom stereocenters. The van der Waals surface area contributed by atoms with Crippen LogP contribution in [-0.2, 0) is 13.0 Å². The summed E-state index contributed by atoms with van der Waals surface area (Å²) in [6.45, 7) is 4.77. The van der Waals surface area contributed by atoms with Crippen molar-refractivity contribution in [3.8, 4) is 6.07 Å². The third-order valence-electron chi connectivity index (χ3n) is 2.74. The number of benzene rings is 1. The van der Waals surface area contributed by atoms with E-state index in [1.807, 2.05) is 31.3 Å². The molecule has 0 saturated heterocycles. The van der Waals surface area contributed by atoms with Gasteiger partial charge in [0.25, 0.3) is 0 Å². The summed E-state index contributed by atoms with van der Waals surface area (Å²) in [5, 5.41) is 13.6. The fraction of sp³-hybridized carbons (Fsp3) is 0.286. The van der Waals surface area contributed by atoms with E-state index in [0.717, 1.165) is 34.8 Å². The first kappa shape index (κ1) is 12.6. The van der Waals surface area contributed by atoms with Crippen molar-refractivity contribution in [2.45, 2.75) is 26.8 Å². The lowest BCUT2D eigenvalue weighted by Crippen LogP contribution is -2.00. The summed E-state index contributed by atoms with van der Waals surface area (Å²) in [6, 6.07) is 8.09. The fourth-order valence-electron chi connectivity index (χ4n) is 1.74.